The van der Waals surface area contributed by atoms with Gasteiger partial charge in [-0.25, -0.2) is 0 Å². The van der Waals surface area contributed by atoms with Crippen LogP contribution in [0.15, 0.2) is 0 Å². The van der Waals surface area contributed by atoms with Gasteiger partial charge < -0.3 is 5.73 Å². The maximum absolute atomic E-state index is 5.37. The van der Waals surface area contributed by atoms with Gasteiger partial charge in [0.25, 0.3) is 0 Å². The number of hydrogen-bond acceptors (Lipinski definition) is 4. The molecule has 1 aromatic rings. The van der Waals surface area contributed by atoms with E-state index < -0.39 is 0 Å². The van der Waals surface area contributed by atoms with Crippen molar-refractivity contribution in [3.8, 4) is 0 Å². The molecule has 4 heteroatoms. The molecule has 0 atom stereocenters. The molecular weight excluding hydrogens is 146 g/mol. The lowest BCUT2D eigenvalue weighted by atomic mass is 10.2. The molecule has 0 fully saturated rings. The van der Waals surface area contributed by atoms with Crippen molar-refractivity contribution in [1.29, 1.82) is 0 Å². The molecule has 0 aliphatic carbocycles. The molecule has 10 heavy (non-hydrogen) atoms. The zero-order chi connectivity index (χ0) is 7.56. The van der Waals surface area contributed by atoms with Crippen molar-refractivity contribution < 1.29 is 0 Å². The van der Waals surface area contributed by atoms with Gasteiger partial charge in [0.05, 0.1) is 0 Å². The number of nitrogens with two attached hydrogens (primary N) is 1. The smallest absolute Gasteiger partial charge is 0.131 e. The highest BCUT2D eigenvalue weighted by molar-refractivity contribution is 7.11. The van der Waals surface area contributed by atoms with Crippen molar-refractivity contribution in [3.63, 3.8) is 0 Å². The van der Waals surface area contributed by atoms with E-state index >= 15 is 0 Å². The summed E-state index contributed by atoms with van der Waals surface area (Å²) in [4.78, 5) is 0. The third kappa shape index (κ3) is 1.52. The zero-order valence-electron chi connectivity index (χ0n) is 6.16. The van der Waals surface area contributed by atoms with Crippen LogP contribution < -0.4 is 5.73 Å². The van der Waals surface area contributed by atoms with Crippen LogP contribution in [0.2, 0.25) is 0 Å². The fourth-order valence-electron chi connectivity index (χ4n) is 0.582. The van der Waals surface area contributed by atoms with E-state index in [0.717, 1.165) is 10.0 Å². The van der Waals surface area contributed by atoms with E-state index in [1.165, 1.54) is 0 Å². The minimum atomic E-state index is 0.470. The lowest BCUT2D eigenvalue weighted by molar-refractivity contribution is 0.816. The maximum atomic E-state index is 5.37. The van der Waals surface area contributed by atoms with Gasteiger partial charge in [0.1, 0.15) is 10.0 Å². The average Bonchev–Trinajstić information content (AvgIpc) is 2.34. The molecule has 0 aliphatic rings. The molecule has 1 aromatic heterocycles. The fraction of sp³-hybridized carbons (Fsp3) is 0.667. The van der Waals surface area contributed by atoms with E-state index in [9.17, 15) is 0 Å². The van der Waals surface area contributed by atoms with Crippen LogP contribution in [0.5, 0.6) is 0 Å². The van der Waals surface area contributed by atoms with E-state index in [2.05, 4.69) is 24.0 Å². The highest BCUT2D eigenvalue weighted by atomic mass is 32.1. The van der Waals surface area contributed by atoms with Gasteiger partial charge in [0.15, 0.2) is 0 Å². The van der Waals surface area contributed by atoms with E-state index in [0.29, 0.717) is 12.5 Å². The van der Waals surface area contributed by atoms with Crippen LogP contribution in [0.3, 0.4) is 0 Å². The largest absolute Gasteiger partial charge is 0.324 e. The molecule has 2 N–H and O–H groups in total. The van der Waals surface area contributed by atoms with Gasteiger partial charge >= 0.3 is 0 Å². The normalized spacial score (nSPS) is 10.8. The second-order valence-electron chi connectivity index (χ2n) is 2.39. The average molecular weight is 157 g/mol. The Kier molecular flexibility index (Phi) is 2.34. The molecule has 0 aromatic carbocycles. The van der Waals surface area contributed by atoms with Crippen molar-refractivity contribution in [2.45, 2.75) is 26.3 Å². The molecule has 56 valence electrons. The predicted molar refractivity (Wildman–Crippen MR) is 41.9 cm³/mol. The van der Waals surface area contributed by atoms with Gasteiger partial charge in [-0.1, -0.05) is 25.2 Å². The van der Waals surface area contributed by atoms with Gasteiger partial charge in [-0.2, -0.15) is 0 Å². The quantitative estimate of drug-likeness (QED) is 0.700. The Bertz CT molecular complexity index is 207. The standard InChI is InChI=1S/C6H11N3S/c1-4(2)6-9-8-5(3-7)10-6/h4H,3,7H2,1-2H3. The second kappa shape index (κ2) is 3.07. The molecule has 0 amide bonds. The van der Waals surface area contributed by atoms with Gasteiger partial charge in [-0.05, 0) is 0 Å². The second-order valence-corrected chi connectivity index (χ2v) is 3.49. The Labute approximate surface area is 64.3 Å². The first-order chi connectivity index (χ1) is 4.74. The topological polar surface area (TPSA) is 51.8 Å². The van der Waals surface area contributed by atoms with Crippen molar-refractivity contribution in [2.24, 2.45) is 5.73 Å². The molecule has 0 aliphatic heterocycles. The summed E-state index contributed by atoms with van der Waals surface area (Å²) in [5, 5.41) is 9.86. The third-order valence-electron chi connectivity index (χ3n) is 1.15. The zero-order valence-corrected chi connectivity index (χ0v) is 6.98. The number of aromatic nitrogens is 2. The summed E-state index contributed by atoms with van der Waals surface area (Å²) in [6.45, 7) is 4.70. The van der Waals surface area contributed by atoms with Gasteiger partial charge in [-0.3, -0.25) is 0 Å². The van der Waals surface area contributed by atoms with Crippen LogP contribution in [0.1, 0.15) is 29.8 Å². The molecular formula is C6H11N3S. The minimum Gasteiger partial charge on any atom is -0.324 e. The summed E-state index contributed by atoms with van der Waals surface area (Å²) in [5.41, 5.74) is 5.37. The van der Waals surface area contributed by atoms with Crippen LogP contribution in [-0.2, 0) is 6.54 Å². The number of rotatable bonds is 2. The van der Waals surface area contributed by atoms with Crippen molar-refractivity contribution in [2.75, 3.05) is 0 Å². The Hall–Kier alpha value is -0.480. The highest BCUT2D eigenvalue weighted by Crippen LogP contribution is 2.17. The summed E-state index contributed by atoms with van der Waals surface area (Å²) >= 11 is 1.59. The first-order valence-electron chi connectivity index (χ1n) is 3.26. The third-order valence-corrected chi connectivity index (χ3v) is 2.40. The molecule has 0 spiro atoms. The van der Waals surface area contributed by atoms with Crippen LogP contribution >= 0.6 is 11.3 Å². The molecule has 3 nitrogen and oxygen atoms in total. The van der Waals surface area contributed by atoms with E-state index in [1.54, 1.807) is 11.3 Å². The van der Waals surface area contributed by atoms with Crippen molar-refractivity contribution >= 4 is 11.3 Å². The van der Waals surface area contributed by atoms with Crippen molar-refractivity contribution in [3.05, 3.63) is 10.0 Å². The summed E-state index contributed by atoms with van der Waals surface area (Å²) in [7, 11) is 0. The Balaban J connectivity index is 2.78. The Morgan fingerprint density at radius 3 is 2.50 bits per heavy atom. The molecule has 0 saturated carbocycles. The predicted octanol–water partition coefficient (Wildman–Crippen LogP) is 1.12. The van der Waals surface area contributed by atoms with Gasteiger partial charge in [-0.15, -0.1) is 10.2 Å². The van der Waals surface area contributed by atoms with E-state index in [4.69, 9.17) is 5.73 Å². The van der Waals surface area contributed by atoms with Crippen LogP contribution in [0.4, 0.5) is 0 Å². The fourth-order valence-corrected chi connectivity index (χ4v) is 1.31. The SMILES string of the molecule is CC(C)c1nnc(CN)s1. The molecule has 1 rings (SSSR count). The van der Waals surface area contributed by atoms with Crippen LogP contribution in [-0.4, -0.2) is 10.2 Å². The summed E-state index contributed by atoms with van der Waals surface area (Å²) in [5.74, 6) is 0.470. The molecule has 0 unspecified atom stereocenters. The highest BCUT2D eigenvalue weighted by Gasteiger charge is 2.05. The van der Waals surface area contributed by atoms with Crippen LogP contribution in [0, 0.1) is 0 Å². The number of hydrogen-bond donors (Lipinski definition) is 1. The molecule has 0 radical (unpaired) electrons. The molecule has 1 heterocycles. The first-order valence-corrected chi connectivity index (χ1v) is 4.08. The first kappa shape index (κ1) is 7.63. The summed E-state index contributed by atoms with van der Waals surface area (Å²) < 4.78 is 0. The monoisotopic (exact) mass is 157 g/mol. The summed E-state index contributed by atoms with van der Waals surface area (Å²) in [6, 6.07) is 0. The van der Waals surface area contributed by atoms with Crippen molar-refractivity contribution in [1.82, 2.24) is 10.2 Å². The minimum absolute atomic E-state index is 0.470. The Morgan fingerprint density at radius 2 is 2.20 bits per heavy atom. The Morgan fingerprint density at radius 1 is 1.50 bits per heavy atom. The maximum Gasteiger partial charge on any atom is 0.131 e. The van der Waals surface area contributed by atoms with E-state index in [-0.39, 0.29) is 0 Å². The van der Waals surface area contributed by atoms with Gasteiger partial charge in [0, 0.05) is 12.5 Å². The molecule has 0 bridgehead atoms. The lowest BCUT2D eigenvalue weighted by Crippen LogP contribution is -1.94. The molecule has 0 saturated heterocycles. The summed E-state index contributed by atoms with van der Waals surface area (Å²) in [6.07, 6.45) is 0. The van der Waals surface area contributed by atoms with Gasteiger partial charge in [0.2, 0.25) is 0 Å². The number of nitrogens with zero attached hydrogens (tertiary/aromatic N) is 2. The van der Waals surface area contributed by atoms with Crippen LogP contribution in [0.25, 0.3) is 0 Å². The van der Waals surface area contributed by atoms with E-state index in [1.807, 2.05) is 0 Å². The lowest BCUT2D eigenvalue weighted by Gasteiger charge is -1.92.